The number of rotatable bonds is 7. The third kappa shape index (κ3) is 4.87. The van der Waals surface area contributed by atoms with Gasteiger partial charge in [0.15, 0.2) is 9.12 Å². The van der Waals surface area contributed by atoms with Crippen molar-refractivity contribution < 1.29 is 0 Å². The molecule has 4 heteroatoms. The summed E-state index contributed by atoms with van der Waals surface area (Å²) in [5.41, 5.74) is 0. The molecule has 2 N–H and O–H groups in total. The van der Waals surface area contributed by atoms with Crippen molar-refractivity contribution in [2.24, 2.45) is 0 Å². The molecule has 0 aromatic carbocycles. The van der Waals surface area contributed by atoms with Gasteiger partial charge in [0.05, 0.1) is 0 Å². The largest absolute Gasteiger partial charge is 0.316 e. The third-order valence-electron chi connectivity index (χ3n) is 2.13. The van der Waals surface area contributed by atoms with E-state index in [9.17, 15) is 0 Å². The van der Waals surface area contributed by atoms with E-state index in [0.29, 0.717) is 0 Å². The fourth-order valence-corrected chi connectivity index (χ4v) is 3.04. The van der Waals surface area contributed by atoms with Crippen LogP contribution in [0, 0.1) is 0 Å². The Morgan fingerprint density at radius 3 is 2.17 bits per heavy atom. The van der Waals surface area contributed by atoms with Gasteiger partial charge in [-0.3, -0.25) is 0 Å². The van der Waals surface area contributed by atoms with Gasteiger partial charge in [-0.25, -0.2) is 0 Å². The van der Waals surface area contributed by atoms with Gasteiger partial charge in [0, 0.05) is 6.67 Å². The van der Waals surface area contributed by atoms with Crippen molar-refractivity contribution in [2.75, 3.05) is 26.3 Å². The molecule has 0 heterocycles. The first-order valence-corrected chi connectivity index (χ1v) is 7.19. The molecule has 0 aliphatic carbocycles. The summed E-state index contributed by atoms with van der Waals surface area (Å²) in [7, 11) is -0.828. The van der Waals surface area contributed by atoms with Gasteiger partial charge in [-0.2, -0.15) is 0 Å². The highest BCUT2D eigenvalue weighted by molar-refractivity contribution is 6.51. The minimum absolute atomic E-state index is 0.828. The number of hydrogen-bond donors (Lipinski definition) is 2. The van der Waals surface area contributed by atoms with Crippen LogP contribution in [0.2, 0.25) is 6.55 Å². The molecule has 74 valence electrons. The lowest BCUT2D eigenvalue weighted by molar-refractivity contribution is 0.467. The van der Waals surface area contributed by atoms with Crippen LogP contribution in [0.3, 0.4) is 0 Å². The highest BCUT2D eigenvalue weighted by Crippen LogP contribution is 1.89. The lowest BCUT2D eigenvalue weighted by Gasteiger charge is -2.25. The van der Waals surface area contributed by atoms with Crippen molar-refractivity contribution >= 4 is 9.12 Å². The summed E-state index contributed by atoms with van der Waals surface area (Å²) in [5.74, 6) is 0. The first-order valence-electron chi connectivity index (χ1n) is 4.94. The maximum Gasteiger partial charge on any atom is 0.185 e. The second-order valence-electron chi connectivity index (χ2n) is 2.88. The van der Waals surface area contributed by atoms with E-state index in [1.807, 2.05) is 0 Å². The Balaban J connectivity index is 3.47. The zero-order chi connectivity index (χ0) is 9.40. The number of hydrogen-bond acceptors (Lipinski definition) is 3. The normalized spacial score (nSPS) is 13.8. The van der Waals surface area contributed by atoms with Gasteiger partial charge in [-0.05, 0) is 26.2 Å². The van der Waals surface area contributed by atoms with Crippen LogP contribution >= 0.6 is 0 Å². The van der Waals surface area contributed by atoms with Gasteiger partial charge in [0.2, 0.25) is 0 Å². The van der Waals surface area contributed by atoms with Gasteiger partial charge in [0.25, 0.3) is 0 Å². The van der Waals surface area contributed by atoms with Gasteiger partial charge < -0.3 is 14.9 Å². The molecule has 0 saturated heterocycles. The molecule has 0 radical (unpaired) electrons. The van der Waals surface area contributed by atoms with Gasteiger partial charge in [-0.15, -0.1) is 0 Å². The molecule has 0 amide bonds. The van der Waals surface area contributed by atoms with Crippen LogP contribution in [0.1, 0.15) is 20.8 Å². The van der Waals surface area contributed by atoms with Crippen LogP contribution in [0.25, 0.3) is 0 Å². The molecule has 0 aliphatic rings. The van der Waals surface area contributed by atoms with E-state index in [2.05, 4.69) is 42.2 Å². The van der Waals surface area contributed by atoms with E-state index >= 15 is 0 Å². The van der Waals surface area contributed by atoms with E-state index in [1.165, 1.54) is 13.1 Å². The number of nitrogens with one attached hydrogen (secondary N) is 2. The monoisotopic (exact) mass is 189 g/mol. The second-order valence-corrected chi connectivity index (χ2v) is 5.37. The molecule has 12 heavy (non-hydrogen) atoms. The first kappa shape index (κ1) is 12.1. The van der Waals surface area contributed by atoms with Gasteiger partial charge >= 0.3 is 0 Å². The molecule has 0 aromatic heterocycles. The summed E-state index contributed by atoms with van der Waals surface area (Å²) >= 11 is 0. The van der Waals surface area contributed by atoms with Crippen LogP contribution in [-0.2, 0) is 0 Å². The van der Waals surface area contributed by atoms with Crippen molar-refractivity contribution in [1.82, 2.24) is 14.9 Å². The summed E-state index contributed by atoms with van der Waals surface area (Å²) in [6.07, 6.45) is 0. The quantitative estimate of drug-likeness (QED) is 0.343. The molecule has 0 fully saturated rings. The van der Waals surface area contributed by atoms with E-state index in [1.54, 1.807) is 0 Å². The summed E-state index contributed by atoms with van der Waals surface area (Å²) in [6.45, 7) is 13.3. The highest BCUT2D eigenvalue weighted by atomic mass is 28.3. The Morgan fingerprint density at radius 1 is 1.17 bits per heavy atom. The molecule has 3 nitrogen and oxygen atoms in total. The van der Waals surface area contributed by atoms with Crippen molar-refractivity contribution in [2.45, 2.75) is 27.3 Å². The zero-order valence-corrected chi connectivity index (χ0v) is 10.0. The maximum absolute atomic E-state index is 3.54. The Morgan fingerprint density at radius 2 is 1.75 bits per heavy atom. The number of nitrogens with zero attached hydrogens (tertiary/aromatic N) is 1. The molecule has 0 saturated carbocycles. The molecule has 0 aliphatic heterocycles. The van der Waals surface area contributed by atoms with Crippen molar-refractivity contribution in [3.05, 3.63) is 0 Å². The Labute approximate surface area is 78.3 Å². The third-order valence-corrected chi connectivity index (χ3v) is 4.75. The first-order chi connectivity index (χ1) is 5.76. The van der Waals surface area contributed by atoms with Crippen LogP contribution < -0.4 is 10.3 Å². The molecule has 0 aromatic rings. The highest BCUT2D eigenvalue weighted by Gasteiger charge is 2.09. The lowest BCUT2D eigenvalue weighted by Crippen LogP contribution is -2.50. The SMILES string of the molecule is CCNCN[SiH](C)N(CC)CC. The van der Waals surface area contributed by atoms with Gasteiger partial charge in [0.1, 0.15) is 0 Å². The van der Waals surface area contributed by atoms with Crippen molar-refractivity contribution in [3.63, 3.8) is 0 Å². The smallest absolute Gasteiger partial charge is 0.185 e. The minimum Gasteiger partial charge on any atom is -0.316 e. The molecule has 0 rings (SSSR count). The van der Waals surface area contributed by atoms with Crippen molar-refractivity contribution in [1.29, 1.82) is 0 Å². The summed E-state index contributed by atoms with van der Waals surface area (Å²) in [4.78, 5) is 3.54. The molecular weight excluding hydrogens is 166 g/mol. The fourth-order valence-electron chi connectivity index (χ4n) is 1.25. The topological polar surface area (TPSA) is 27.3 Å². The maximum atomic E-state index is 3.54. The minimum atomic E-state index is -0.828. The molecular formula is C8H23N3Si. The Hall–Kier alpha value is 0.0969. The van der Waals surface area contributed by atoms with Crippen molar-refractivity contribution in [3.8, 4) is 0 Å². The second kappa shape index (κ2) is 7.73. The molecule has 0 spiro atoms. The van der Waals surface area contributed by atoms with Crippen LogP contribution in [0.15, 0.2) is 0 Å². The molecule has 1 unspecified atom stereocenters. The standard InChI is InChI=1S/C8H23N3Si/c1-5-9-8-10-12(4)11(6-2)7-3/h9-10,12H,5-8H2,1-4H3. The van der Waals surface area contributed by atoms with E-state index in [-0.39, 0.29) is 0 Å². The summed E-state index contributed by atoms with van der Waals surface area (Å²) in [6, 6.07) is 0. The Bertz CT molecular complexity index is 96.3. The summed E-state index contributed by atoms with van der Waals surface area (Å²) in [5, 5.41) is 3.28. The van der Waals surface area contributed by atoms with E-state index < -0.39 is 9.12 Å². The summed E-state index contributed by atoms with van der Waals surface area (Å²) < 4.78 is 2.53. The molecule has 0 bridgehead atoms. The predicted molar refractivity (Wildman–Crippen MR) is 57.6 cm³/mol. The Kier molecular flexibility index (Phi) is 7.79. The van der Waals surface area contributed by atoms with Gasteiger partial charge in [-0.1, -0.05) is 20.8 Å². The van der Waals surface area contributed by atoms with Crippen LogP contribution in [0.4, 0.5) is 0 Å². The average Bonchev–Trinajstić information content (AvgIpc) is 2.07. The zero-order valence-electron chi connectivity index (χ0n) is 8.85. The average molecular weight is 189 g/mol. The van der Waals surface area contributed by atoms with Crippen LogP contribution in [-0.4, -0.2) is 40.0 Å². The van der Waals surface area contributed by atoms with Crippen LogP contribution in [0.5, 0.6) is 0 Å². The predicted octanol–water partition coefficient (Wildman–Crippen LogP) is 0.335. The lowest BCUT2D eigenvalue weighted by atomic mass is 10.7. The van der Waals surface area contributed by atoms with E-state index in [4.69, 9.17) is 0 Å². The van der Waals surface area contributed by atoms with E-state index in [0.717, 1.165) is 13.2 Å². The molecule has 1 atom stereocenters. The fraction of sp³-hybridized carbons (Fsp3) is 1.00.